The lowest BCUT2D eigenvalue weighted by Crippen LogP contribution is -2.20. The van der Waals surface area contributed by atoms with Gasteiger partial charge in [0.25, 0.3) is 0 Å². The summed E-state index contributed by atoms with van der Waals surface area (Å²) in [5, 5.41) is 6.08. The van der Waals surface area contributed by atoms with Crippen LogP contribution in [-0.4, -0.2) is 11.5 Å². The van der Waals surface area contributed by atoms with Crippen molar-refractivity contribution in [2.75, 3.05) is 10.6 Å². The van der Waals surface area contributed by atoms with E-state index in [2.05, 4.69) is 15.4 Å². The first kappa shape index (κ1) is 16.1. The maximum atomic E-state index is 12.2. The fraction of sp³-hybridized carbons (Fsp3) is 0.133. The Morgan fingerprint density at radius 1 is 1.05 bits per heavy atom. The van der Waals surface area contributed by atoms with E-state index >= 15 is 0 Å². The van der Waals surface area contributed by atoms with Crippen LogP contribution in [0, 0.1) is 6.92 Å². The van der Waals surface area contributed by atoms with Gasteiger partial charge in [0.05, 0.1) is 0 Å². The maximum Gasteiger partial charge on any atom is 0.573 e. The van der Waals surface area contributed by atoms with Gasteiger partial charge >= 0.3 is 6.36 Å². The summed E-state index contributed by atoms with van der Waals surface area (Å²) in [7, 11) is 0. The van der Waals surface area contributed by atoms with E-state index in [1.54, 1.807) is 6.07 Å². The third-order valence-corrected chi connectivity index (χ3v) is 2.92. The monoisotopic (exact) mass is 326 g/mol. The summed E-state index contributed by atoms with van der Waals surface area (Å²) in [4.78, 5) is 0. The van der Waals surface area contributed by atoms with E-state index < -0.39 is 6.36 Å². The van der Waals surface area contributed by atoms with Gasteiger partial charge in [-0.1, -0.05) is 24.3 Å². The van der Waals surface area contributed by atoms with Crippen LogP contribution in [0.3, 0.4) is 0 Å². The Hall–Kier alpha value is -2.28. The summed E-state index contributed by atoms with van der Waals surface area (Å²) in [6.07, 6.45) is -4.72. The predicted molar refractivity (Wildman–Crippen MR) is 84.1 cm³/mol. The molecular weight excluding hydrogens is 313 g/mol. The molecule has 2 N–H and O–H groups in total. The molecule has 2 aromatic carbocycles. The van der Waals surface area contributed by atoms with Gasteiger partial charge < -0.3 is 15.4 Å². The molecule has 0 radical (unpaired) electrons. The minimum Gasteiger partial charge on any atom is -0.406 e. The highest BCUT2D eigenvalue weighted by atomic mass is 32.1. The van der Waals surface area contributed by atoms with Crippen LogP contribution in [0.2, 0.25) is 0 Å². The Balaban J connectivity index is 2.03. The quantitative estimate of drug-likeness (QED) is 0.801. The Morgan fingerprint density at radius 3 is 2.45 bits per heavy atom. The van der Waals surface area contributed by atoms with Gasteiger partial charge in [0.2, 0.25) is 0 Å². The van der Waals surface area contributed by atoms with Crippen molar-refractivity contribution in [3.8, 4) is 5.75 Å². The molecular formula is C15H13F3N2OS. The highest BCUT2D eigenvalue weighted by molar-refractivity contribution is 7.80. The first-order valence-electron chi connectivity index (χ1n) is 6.33. The van der Waals surface area contributed by atoms with Crippen LogP contribution < -0.4 is 15.4 Å². The summed E-state index contributed by atoms with van der Waals surface area (Å²) in [6, 6.07) is 13.0. The van der Waals surface area contributed by atoms with Gasteiger partial charge in [-0.3, -0.25) is 0 Å². The third kappa shape index (κ3) is 4.92. The van der Waals surface area contributed by atoms with Crippen molar-refractivity contribution in [1.82, 2.24) is 0 Å². The second kappa shape index (κ2) is 6.65. The fourth-order valence-corrected chi connectivity index (χ4v) is 2.00. The van der Waals surface area contributed by atoms with Crippen molar-refractivity contribution in [3.05, 3.63) is 54.1 Å². The van der Waals surface area contributed by atoms with Crippen molar-refractivity contribution in [3.63, 3.8) is 0 Å². The van der Waals surface area contributed by atoms with E-state index in [4.69, 9.17) is 12.2 Å². The molecule has 2 aromatic rings. The number of ether oxygens (including phenoxy) is 1. The number of hydrogen-bond donors (Lipinski definition) is 2. The first-order chi connectivity index (χ1) is 10.3. The lowest BCUT2D eigenvalue weighted by molar-refractivity contribution is -0.274. The van der Waals surface area contributed by atoms with Crippen LogP contribution in [0.5, 0.6) is 5.75 Å². The third-order valence-electron chi connectivity index (χ3n) is 2.72. The molecule has 0 atom stereocenters. The normalized spacial score (nSPS) is 10.9. The van der Waals surface area contributed by atoms with Gasteiger partial charge in [0, 0.05) is 17.4 Å². The highest BCUT2D eigenvalue weighted by Gasteiger charge is 2.31. The molecule has 22 heavy (non-hydrogen) atoms. The second-order valence-electron chi connectivity index (χ2n) is 4.47. The second-order valence-corrected chi connectivity index (χ2v) is 4.88. The van der Waals surface area contributed by atoms with Crippen LogP contribution in [0.1, 0.15) is 5.56 Å². The number of aryl methyl sites for hydroxylation is 1. The number of anilines is 2. The van der Waals surface area contributed by atoms with Crippen molar-refractivity contribution in [1.29, 1.82) is 0 Å². The maximum absolute atomic E-state index is 12.2. The lowest BCUT2D eigenvalue weighted by atomic mass is 10.2. The Labute approximate surface area is 131 Å². The summed E-state index contributed by atoms with van der Waals surface area (Å²) < 4.78 is 40.4. The molecule has 0 saturated heterocycles. The number of hydrogen-bond acceptors (Lipinski definition) is 2. The predicted octanol–water partition coefficient (Wildman–Crippen LogP) is 4.70. The minimum absolute atomic E-state index is 0.276. The lowest BCUT2D eigenvalue weighted by Gasteiger charge is -2.14. The fourth-order valence-electron chi connectivity index (χ4n) is 1.77. The average Bonchev–Trinajstić information content (AvgIpc) is 2.40. The molecule has 7 heteroatoms. The van der Waals surface area contributed by atoms with Gasteiger partial charge in [-0.25, -0.2) is 0 Å². The topological polar surface area (TPSA) is 33.3 Å². The zero-order chi connectivity index (χ0) is 16.2. The molecule has 116 valence electrons. The molecule has 0 unspecified atom stereocenters. The largest absolute Gasteiger partial charge is 0.573 e. The number of alkyl halides is 3. The summed E-state index contributed by atoms with van der Waals surface area (Å²) in [5.41, 5.74) is 2.22. The van der Waals surface area contributed by atoms with E-state index in [-0.39, 0.29) is 10.9 Å². The van der Waals surface area contributed by atoms with Crippen molar-refractivity contribution < 1.29 is 17.9 Å². The average molecular weight is 326 g/mol. The van der Waals surface area contributed by atoms with Gasteiger partial charge in [-0.05, 0) is 42.9 Å². The van der Waals surface area contributed by atoms with Crippen LogP contribution in [0.4, 0.5) is 24.5 Å². The SMILES string of the molecule is Cc1ccccc1NC(=S)Nc1cccc(OC(F)(F)F)c1. The van der Waals surface area contributed by atoms with E-state index in [0.717, 1.165) is 11.3 Å². The molecule has 0 amide bonds. The molecule has 0 bridgehead atoms. The van der Waals surface area contributed by atoms with Gasteiger partial charge in [0.15, 0.2) is 5.11 Å². The molecule has 0 aliphatic heterocycles. The molecule has 0 saturated carbocycles. The Kier molecular flexibility index (Phi) is 4.87. The number of rotatable bonds is 3. The Bertz CT molecular complexity index is 674. The van der Waals surface area contributed by atoms with Gasteiger partial charge in [0.1, 0.15) is 5.75 Å². The van der Waals surface area contributed by atoms with Crippen molar-refractivity contribution in [2.45, 2.75) is 13.3 Å². The van der Waals surface area contributed by atoms with E-state index in [1.165, 1.54) is 18.2 Å². The van der Waals surface area contributed by atoms with Crippen molar-refractivity contribution >= 4 is 28.7 Å². The molecule has 2 rings (SSSR count). The summed E-state index contributed by atoms with van der Waals surface area (Å²) in [6.45, 7) is 1.92. The highest BCUT2D eigenvalue weighted by Crippen LogP contribution is 2.25. The number of thiocarbonyl (C=S) groups is 1. The zero-order valence-corrected chi connectivity index (χ0v) is 12.4. The van der Waals surface area contributed by atoms with Gasteiger partial charge in [-0.2, -0.15) is 0 Å². The summed E-state index contributed by atoms with van der Waals surface area (Å²) >= 11 is 5.15. The minimum atomic E-state index is -4.72. The van der Waals surface area contributed by atoms with E-state index in [1.807, 2.05) is 31.2 Å². The molecule has 0 fully saturated rings. The number of para-hydroxylation sites is 1. The molecule has 0 aliphatic rings. The standard InChI is InChI=1S/C15H13F3N2OS/c1-10-5-2-3-8-13(10)20-14(22)19-11-6-4-7-12(9-11)21-15(16,17)18/h2-9H,1H3,(H2,19,20,22). The van der Waals surface area contributed by atoms with E-state index in [0.29, 0.717) is 5.69 Å². The number of halogens is 3. The smallest absolute Gasteiger partial charge is 0.406 e. The molecule has 0 aliphatic carbocycles. The van der Waals surface area contributed by atoms with Gasteiger partial charge in [-0.15, -0.1) is 13.2 Å². The summed E-state index contributed by atoms with van der Waals surface area (Å²) in [5.74, 6) is -0.309. The molecule has 0 heterocycles. The zero-order valence-electron chi connectivity index (χ0n) is 11.6. The number of nitrogens with one attached hydrogen (secondary N) is 2. The van der Waals surface area contributed by atoms with Crippen LogP contribution >= 0.6 is 12.2 Å². The molecule has 3 nitrogen and oxygen atoms in total. The van der Waals surface area contributed by atoms with Crippen LogP contribution in [0.15, 0.2) is 48.5 Å². The molecule has 0 spiro atoms. The number of benzene rings is 2. The van der Waals surface area contributed by atoms with Crippen molar-refractivity contribution in [2.24, 2.45) is 0 Å². The molecule has 0 aromatic heterocycles. The van der Waals surface area contributed by atoms with E-state index in [9.17, 15) is 13.2 Å². The Morgan fingerprint density at radius 2 is 1.77 bits per heavy atom. The van der Waals surface area contributed by atoms with Crippen LogP contribution in [0.25, 0.3) is 0 Å². The first-order valence-corrected chi connectivity index (χ1v) is 6.74. The van der Waals surface area contributed by atoms with Crippen LogP contribution in [-0.2, 0) is 0 Å².